The largest absolute Gasteiger partial charge is 0.435 e. The van der Waals surface area contributed by atoms with Crippen LogP contribution < -0.4 is 11.1 Å². The number of rotatable bonds is 4. The van der Waals surface area contributed by atoms with Crippen molar-refractivity contribution in [1.29, 1.82) is 0 Å². The van der Waals surface area contributed by atoms with Gasteiger partial charge in [0.15, 0.2) is 11.4 Å². The van der Waals surface area contributed by atoms with E-state index in [9.17, 15) is 39.9 Å². The first-order valence-electron chi connectivity index (χ1n) is 12.7. The highest BCUT2D eigenvalue weighted by atomic mass is 19.4. The Morgan fingerprint density at radius 1 is 0.711 bits per heavy atom. The Kier molecular flexibility index (Phi) is 8.75. The van der Waals surface area contributed by atoms with Gasteiger partial charge in [-0.2, -0.15) is 41.6 Å². The molecule has 0 atom stereocenters. The summed E-state index contributed by atoms with van der Waals surface area (Å²) in [7, 11) is 4.22. The average Bonchev–Trinajstić information content (AvgIpc) is 3.60. The number of aryl methyl sites for hydroxylation is 4. The number of amides is 1. The third-order valence-electron chi connectivity index (χ3n) is 6.35. The van der Waals surface area contributed by atoms with Gasteiger partial charge in [-0.3, -0.25) is 18.8 Å². The number of nitrogens with two attached hydrogens (primary N) is 1. The van der Waals surface area contributed by atoms with E-state index in [1.54, 1.807) is 20.0 Å². The van der Waals surface area contributed by atoms with Crippen molar-refractivity contribution >= 4 is 17.3 Å². The number of nitrogen functional groups attached to an aromatic ring is 1. The lowest BCUT2D eigenvalue weighted by Gasteiger charge is -2.08. The second kappa shape index (κ2) is 12.0. The zero-order valence-corrected chi connectivity index (χ0v) is 23.9. The zero-order chi connectivity index (χ0) is 33.4. The van der Waals surface area contributed by atoms with Gasteiger partial charge >= 0.3 is 12.4 Å². The summed E-state index contributed by atoms with van der Waals surface area (Å²) in [6.45, 7) is 1.73. The molecule has 3 aromatic heterocycles. The minimum Gasteiger partial charge on any atom is -0.399 e. The summed E-state index contributed by atoms with van der Waals surface area (Å²) in [5, 5.41) is 13.3. The molecule has 5 aromatic rings. The smallest absolute Gasteiger partial charge is 0.399 e. The summed E-state index contributed by atoms with van der Waals surface area (Å²) >= 11 is 0. The van der Waals surface area contributed by atoms with Crippen molar-refractivity contribution in [2.45, 2.75) is 19.3 Å². The third kappa shape index (κ3) is 7.30. The van der Waals surface area contributed by atoms with Crippen LogP contribution in [-0.2, 0) is 33.5 Å². The maximum atomic E-state index is 14.5. The summed E-state index contributed by atoms with van der Waals surface area (Å²) in [5.41, 5.74) is 4.50. The number of carbonyl (C=O) groups excluding carboxylic acids is 1. The number of hydrogen-bond acceptors (Lipinski definition) is 5. The molecular weight excluding hydrogens is 616 g/mol. The molecule has 3 heterocycles. The number of benzene rings is 2. The molecule has 0 saturated carbocycles. The predicted molar refractivity (Wildman–Crippen MR) is 148 cm³/mol. The molecule has 17 heteroatoms. The quantitative estimate of drug-likeness (QED) is 0.176. The van der Waals surface area contributed by atoms with Crippen LogP contribution in [-0.4, -0.2) is 35.2 Å². The van der Waals surface area contributed by atoms with E-state index >= 15 is 0 Å². The molecular formula is C28H24F8N8O. The first-order chi connectivity index (χ1) is 20.8. The molecule has 1 amide bonds. The molecule has 238 valence electrons. The van der Waals surface area contributed by atoms with Crippen molar-refractivity contribution in [3.05, 3.63) is 89.0 Å². The standard InChI is InChI=1S/C17H15F4N5O.C11H9F4N3/c1-9-6-14(26(3)23-9)16(27)22-10-4-5-11(12(18)7-10)13-8-15(17(19,20)21)24-25(13)2;1-18-9(5-10(17-18)11(13,14)15)7-3-2-6(16)4-8(7)12/h4-8H,1-3H3,(H,22,27);2-5H,16H2,1H3. The molecule has 3 N–H and O–H groups in total. The summed E-state index contributed by atoms with van der Waals surface area (Å²) in [4.78, 5) is 12.2. The lowest BCUT2D eigenvalue weighted by atomic mass is 10.1. The molecule has 0 fully saturated rings. The van der Waals surface area contributed by atoms with Crippen molar-refractivity contribution in [3.63, 3.8) is 0 Å². The molecule has 9 nitrogen and oxygen atoms in total. The van der Waals surface area contributed by atoms with Gasteiger partial charge in [0.2, 0.25) is 0 Å². The molecule has 0 spiro atoms. The molecule has 0 saturated heterocycles. The van der Waals surface area contributed by atoms with Gasteiger partial charge in [-0.15, -0.1) is 0 Å². The zero-order valence-electron chi connectivity index (χ0n) is 23.9. The van der Waals surface area contributed by atoms with E-state index in [0.717, 1.165) is 33.6 Å². The summed E-state index contributed by atoms with van der Waals surface area (Å²) in [6.07, 6.45) is -9.18. The minimum absolute atomic E-state index is 0.0229. The second-order valence-electron chi connectivity index (χ2n) is 9.75. The van der Waals surface area contributed by atoms with Crippen LogP contribution in [0.3, 0.4) is 0 Å². The highest BCUT2D eigenvalue weighted by Crippen LogP contribution is 2.34. The first kappa shape index (κ1) is 32.7. The molecule has 0 aliphatic heterocycles. The fourth-order valence-corrected chi connectivity index (χ4v) is 4.27. The van der Waals surface area contributed by atoms with E-state index in [-0.39, 0.29) is 33.9 Å². The van der Waals surface area contributed by atoms with Crippen molar-refractivity contribution in [2.75, 3.05) is 11.1 Å². The van der Waals surface area contributed by atoms with Gasteiger partial charge in [-0.25, -0.2) is 8.78 Å². The maximum Gasteiger partial charge on any atom is 0.435 e. The SMILES string of the molecule is Cc1cc(C(=O)Nc2ccc(-c3cc(C(F)(F)F)nn3C)c(F)c2)n(C)n1.Cn1nc(C(F)(F)F)cc1-c1ccc(N)cc1F. The predicted octanol–water partition coefficient (Wildman–Crippen LogP) is 6.37. The van der Waals surface area contributed by atoms with Gasteiger partial charge in [0, 0.05) is 43.6 Å². The average molecular weight is 641 g/mol. The summed E-state index contributed by atoms with van der Waals surface area (Å²) in [6, 6.07) is 10.7. The Morgan fingerprint density at radius 2 is 1.20 bits per heavy atom. The van der Waals surface area contributed by atoms with Crippen LogP contribution in [0.5, 0.6) is 0 Å². The topological polar surface area (TPSA) is 109 Å². The number of nitrogens with zero attached hydrogens (tertiary/aromatic N) is 6. The van der Waals surface area contributed by atoms with Crippen LogP contribution in [0.15, 0.2) is 54.6 Å². The Bertz CT molecular complexity index is 1870. The van der Waals surface area contributed by atoms with Crippen LogP contribution >= 0.6 is 0 Å². The number of hydrogen-bond donors (Lipinski definition) is 2. The lowest BCUT2D eigenvalue weighted by Crippen LogP contribution is -2.16. The fraction of sp³-hybridized carbons (Fsp3) is 0.214. The van der Waals surface area contributed by atoms with Gasteiger partial charge in [-0.1, -0.05) is 0 Å². The molecule has 0 bridgehead atoms. The highest BCUT2D eigenvalue weighted by molar-refractivity contribution is 6.03. The fourth-order valence-electron chi connectivity index (χ4n) is 4.27. The Labute approximate surface area is 249 Å². The van der Waals surface area contributed by atoms with Gasteiger partial charge in [0.05, 0.1) is 17.1 Å². The number of halogens is 8. The molecule has 2 aromatic carbocycles. The van der Waals surface area contributed by atoms with Crippen LogP contribution in [0.25, 0.3) is 22.5 Å². The van der Waals surface area contributed by atoms with Crippen LogP contribution in [0.2, 0.25) is 0 Å². The molecule has 0 radical (unpaired) electrons. The Balaban J connectivity index is 0.000000222. The second-order valence-corrected chi connectivity index (χ2v) is 9.75. The number of carbonyl (C=O) groups is 1. The number of aromatic nitrogens is 6. The number of alkyl halides is 6. The Morgan fingerprint density at radius 3 is 1.60 bits per heavy atom. The van der Waals surface area contributed by atoms with Crippen LogP contribution in [0.4, 0.5) is 46.5 Å². The van der Waals surface area contributed by atoms with Gasteiger partial charge in [0.25, 0.3) is 5.91 Å². The van der Waals surface area contributed by atoms with Crippen molar-refractivity contribution in [2.24, 2.45) is 21.1 Å². The van der Waals surface area contributed by atoms with Crippen LogP contribution in [0.1, 0.15) is 27.6 Å². The van der Waals surface area contributed by atoms with E-state index < -0.39 is 41.3 Å². The van der Waals surface area contributed by atoms with Gasteiger partial charge in [-0.05, 0) is 61.5 Å². The number of nitrogens with one attached hydrogen (secondary N) is 1. The molecule has 0 aliphatic rings. The Hall–Kier alpha value is -5.22. The maximum absolute atomic E-state index is 14.5. The van der Waals surface area contributed by atoms with Gasteiger partial charge in [0.1, 0.15) is 17.3 Å². The van der Waals surface area contributed by atoms with Crippen molar-refractivity contribution in [3.8, 4) is 22.5 Å². The number of anilines is 2. The summed E-state index contributed by atoms with van der Waals surface area (Å²) in [5.74, 6) is -1.96. The van der Waals surface area contributed by atoms with E-state index in [1.165, 1.54) is 43.0 Å². The van der Waals surface area contributed by atoms with E-state index in [1.807, 2.05) is 0 Å². The summed E-state index contributed by atoms with van der Waals surface area (Å²) < 4.78 is 107. The minimum atomic E-state index is -4.62. The third-order valence-corrected chi connectivity index (χ3v) is 6.35. The lowest BCUT2D eigenvalue weighted by molar-refractivity contribution is -0.142. The molecule has 45 heavy (non-hydrogen) atoms. The van der Waals surface area contributed by atoms with Crippen molar-refractivity contribution < 1.29 is 39.9 Å². The highest BCUT2D eigenvalue weighted by Gasteiger charge is 2.36. The van der Waals surface area contributed by atoms with Crippen molar-refractivity contribution in [1.82, 2.24) is 29.3 Å². The molecule has 5 rings (SSSR count). The monoisotopic (exact) mass is 640 g/mol. The van der Waals surface area contributed by atoms with E-state index in [4.69, 9.17) is 5.73 Å². The molecule has 0 unspecified atom stereocenters. The van der Waals surface area contributed by atoms with Gasteiger partial charge < -0.3 is 11.1 Å². The normalized spacial score (nSPS) is 11.7. The first-order valence-corrected chi connectivity index (χ1v) is 12.7. The van der Waals surface area contributed by atoms with Crippen LogP contribution in [0, 0.1) is 18.6 Å². The van der Waals surface area contributed by atoms with E-state index in [2.05, 4.69) is 20.6 Å². The van der Waals surface area contributed by atoms with E-state index in [0.29, 0.717) is 11.4 Å². The molecule has 0 aliphatic carbocycles.